The number of carbonyl (C=O) groups is 1. The van der Waals surface area contributed by atoms with Gasteiger partial charge in [-0.15, -0.1) is 11.3 Å². The average molecular weight is 284 g/mol. The molecule has 0 aromatic carbocycles. The van der Waals surface area contributed by atoms with Gasteiger partial charge in [-0.2, -0.15) is 0 Å². The molecule has 18 heavy (non-hydrogen) atoms. The molecule has 0 saturated heterocycles. The van der Waals surface area contributed by atoms with E-state index in [0.717, 1.165) is 4.88 Å². The lowest BCUT2D eigenvalue weighted by Crippen LogP contribution is -2.47. The Hall–Kier alpha value is -0.940. The molecule has 0 saturated carbocycles. The highest BCUT2D eigenvalue weighted by Gasteiger charge is 2.26. The number of thiophene rings is 1. The van der Waals surface area contributed by atoms with Gasteiger partial charge in [0, 0.05) is 23.4 Å². The van der Waals surface area contributed by atoms with Crippen LogP contribution in [-0.2, 0) is 11.2 Å². The number of carbonyl (C=O) groups excluding carboxylic acids is 1. The van der Waals surface area contributed by atoms with E-state index in [1.54, 1.807) is 11.3 Å². The lowest BCUT2D eigenvalue weighted by molar-refractivity contribution is -0.135. The molecule has 0 atom stereocenters. The minimum atomic E-state index is -0.209. The maximum atomic E-state index is 12.3. The van der Waals surface area contributed by atoms with Crippen molar-refractivity contribution in [1.82, 2.24) is 4.90 Å². The van der Waals surface area contributed by atoms with Crippen molar-refractivity contribution < 1.29 is 4.79 Å². The third-order valence-electron chi connectivity index (χ3n) is 2.60. The van der Waals surface area contributed by atoms with E-state index in [1.165, 1.54) is 0 Å². The van der Waals surface area contributed by atoms with Crippen molar-refractivity contribution in [2.45, 2.75) is 39.2 Å². The molecule has 1 aromatic heterocycles. The van der Waals surface area contributed by atoms with E-state index >= 15 is 0 Å². The van der Waals surface area contributed by atoms with Gasteiger partial charge in [0.2, 0.25) is 5.91 Å². The highest BCUT2D eigenvalue weighted by molar-refractivity contribution is 7.80. The first-order valence-electron chi connectivity index (χ1n) is 5.92. The van der Waals surface area contributed by atoms with Crippen molar-refractivity contribution in [2.24, 2.45) is 5.73 Å². The standard InChI is InChI=1S/C13H20N2OS2/c1-13(2,3)15(7-6-11(14)17)12(16)9-10-5-4-8-18-10/h4-5,8H,6-7,9H2,1-3H3,(H2,14,17). The van der Waals surface area contributed by atoms with Crippen LogP contribution in [0.5, 0.6) is 0 Å². The number of hydrogen-bond acceptors (Lipinski definition) is 3. The zero-order chi connectivity index (χ0) is 13.8. The fourth-order valence-electron chi connectivity index (χ4n) is 1.71. The van der Waals surface area contributed by atoms with Gasteiger partial charge in [-0.25, -0.2) is 0 Å². The molecule has 1 rings (SSSR count). The Balaban J connectivity index is 2.70. The molecule has 0 fully saturated rings. The smallest absolute Gasteiger partial charge is 0.228 e. The van der Waals surface area contributed by atoms with E-state index in [2.05, 4.69) is 0 Å². The summed E-state index contributed by atoms with van der Waals surface area (Å²) < 4.78 is 0. The summed E-state index contributed by atoms with van der Waals surface area (Å²) in [7, 11) is 0. The highest BCUT2D eigenvalue weighted by Crippen LogP contribution is 2.18. The molecule has 0 aliphatic rings. The molecule has 5 heteroatoms. The zero-order valence-corrected chi connectivity index (χ0v) is 12.7. The van der Waals surface area contributed by atoms with Crippen LogP contribution in [0.3, 0.4) is 0 Å². The van der Waals surface area contributed by atoms with E-state index in [9.17, 15) is 4.79 Å². The van der Waals surface area contributed by atoms with Gasteiger partial charge in [0.15, 0.2) is 0 Å². The summed E-state index contributed by atoms with van der Waals surface area (Å²) in [5.74, 6) is 0.126. The molecular weight excluding hydrogens is 264 g/mol. The fraction of sp³-hybridized carbons (Fsp3) is 0.538. The summed E-state index contributed by atoms with van der Waals surface area (Å²) in [6.07, 6.45) is 1.02. The summed E-state index contributed by atoms with van der Waals surface area (Å²) in [5, 5.41) is 1.99. The Morgan fingerprint density at radius 2 is 2.17 bits per heavy atom. The van der Waals surface area contributed by atoms with Crippen LogP contribution in [0, 0.1) is 0 Å². The van der Waals surface area contributed by atoms with E-state index in [1.807, 2.05) is 43.2 Å². The van der Waals surface area contributed by atoms with E-state index in [-0.39, 0.29) is 11.4 Å². The van der Waals surface area contributed by atoms with Crippen LogP contribution < -0.4 is 5.73 Å². The minimum Gasteiger partial charge on any atom is -0.393 e. The third kappa shape index (κ3) is 4.74. The molecule has 0 spiro atoms. The molecule has 1 amide bonds. The topological polar surface area (TPSA) is 46.3 Å². The SMILES string of the molecule is CC(C)(C)N(CCC(N)=S)C(=O)Cc1cccs1. The van der Waals surface area contributed by atoms with E-state index in [4.69, 9.17) is 18.0 Å². The molecule has 3 nitrogen and oxygen atoms in total. The molecular formula is C13H20N2OS2. The fourth-order valence-corrected chi connectivity index (χ4v) is 2.50. The second-order valence-electron chi connectivity index (χ2n) is 5.19. The van der Waals surface area contributed by atoms with E-state index in [0.29, 0.717) is 24.4 Å². The number of nitrogens with two attached hydrogens (primary N) is 1. The largest absolute Gasteiger partial charge is 0.393 e. The van der Waals surface area contributed by atoms with Crippen LogP contribution in [0.2, 0.25) is 0 Å². The van der Waals surface area contributed by atoms with Gasteiger partial charge in [-0.3, -0.25) is 4.79 Å². The third-order valence-corrected chi connectivity index (χ3v) is 3.68. The van der Waals surface area contributed by atoms with Crippen LogP contribution in [-0.4, -0.2) is 27.9 Å². The molecule has 100 valence electrons. The number of rotatable bonds is 5. The maximum absolute atomic E-state index is 12.3. The lowest BCUT2D eigenvalue weighted by Gasteiger charge is -2.35. The molecule has 0 unspecified atom stereocenters. The Morgan fingerprint density at radius 3 is 2.61 bits per heavy atom. The van der Waals surface area contributed by atoms with Gasteiger partial charge in [-0.05, 0) is 32.2 Å². The average Bonchev–Trinajstić information content (AvgIpc) is 2.67. The van der Waals surface area contributed by atoms with Crippen LogP contribution in [0.1, 0.15) is 32.1 Å². The van der Waals surface area contributed by atoms with Gasteiger partial charge < -0.3 is 10.6 Å². The van der Waals surface area contributed by atoms with E-state index < -0.39 is 0 Å². The van der Waals surface area contributed by atoms with Gasteiger partial charge >= 0.3 is 0 Å². The Morgan fingerprint density at radius 1 is 1.50 bits per heavy atom. The predicted octanol–water partition coefficient (Wildman–Crippen LogP) is 2.59. The molecule has 1 heterocycles. The number of hydrogen-bond donors (Lipinski definition) is 1. The number of thiocarbonyl (C=S) groups is 1. The lowest BCUT2D eigenvalue weighted by atomic mass is 10.0. The van der Waals surface area contributed by atoms with Crippen LogP contribution in [0.15, 0.2) is 17.5 Å². The van der Waals surface area contributed by atoms with Crippen LogP contribution in [0.25, 0.3) is 0 Å². The number of nitrogens with zero attached hydrogens (tertiary/aromatic N) is 1. The Kier molecular flexibility index (Phi) is 5.28. The first-order chi connectivity index (χ1) is 8.30. The summed E-state index contributed by atoms with van der Waals surface area (Å²) in [6.45, 7) is 6.67. The van der Waals surface area contributed by atoms with Gasteiger partial charge in [-0.1, -0.05) is 18.3 Å². The van der Waals surface area contributed by atoms with Crippen LogP contribution >= 0.6 is 23.6 Å². The van der Waals surface area contributed by atoms with Crippen molar-refractivity contribution in [2.75, 3.05) is 6.54 Å². The first-order valence-corrected chi connectivity index (χ1v) is 7.20. The monoisotopic (exact) mass is 284 g/mol. The minimum absolute atomic E-state index is 0.126. The van der Waals surface area contributed by atoms with Gasteiger partial charge in [0.05, 0.1) is 11.4 Å². The molecule has 0 aliphatic heterocycles. The van der Waals surface area contributed by atoms with Crippen LogP contribution in [0.4, 0.5) is 0 Å². The zero-order valence-electron chi connectivity index (χ0n) is 11.1. The summed E-state index contributed by atoms with van der Waals surface area (Å²) in [4.78, 5) is 15.7. The molecule has 1 aromatic rings. The second-order valence-corrected chi connectivity index (χ2v) is 6.75. The Labute approximate surface area is 118 Å². The van der Waals surface area contributed by atoms with Crippen molar-refractivity contribution in [3.05, 3.63) is 22.4 Å². The predicted molar refractivity (Wildman–Crippen MR) is 80.9 cm³/mol. The second kappa shape index (κ2) is 6.29. The van der Waals surface area contributed by atoms with Gasteiger partial charge in [0.1, 0.15) is 0 Å². The van der Waals surface area contributed by atoms with Gasteiger partial charge in [0.25, 0.3) is 0 Å². The maximum Gasteiger partial charge on any atom is 0.228 e. The van der Waals surface area contributed by atoms with Crippen molar-refractivity contribution in [3.8, 4) is 0 Å². The summed E-state index contributed by atoms with van der Waals surface area (Å²) in [6, 6.07) is 3.95. The Bertz CT molecular complexity index is 407. The number of amides is 1. The first kappa shape index (κ1) is 15.1. The van der Waals surface area contributed by atoms with Crippen molar-refractivity contribution >= 4 is 34.5 Å². The quantitative estimate of drug-likeness (QED) is 0.845. The molecule has 0 radical (unpaired) electrons. The molecule has 0 bridgehead atoms. The normalized spacial score (nSPS) is 11.3. The molecule has 0 aliphatic carbocycles. The van der Waals surface area contributed by atoms with Crippen molar-refractivity contribution in [3.63, 3.8) is 0 Å². The van der Waals surface area contributed by atoms with Crippen molar-refractivity contribution in [1.29, 1.82) is 0 Å². The summed E-state index contributed by atoms with van der Waals surface area (Å²) >= 11 is 6.49. The highest BCUT2D eigenvalue weighted by atomic mass is 32.1. The summed E-state index contributed by atoms with van der Waals surface area (Å²) in [5.41, 5.74) is 5.31. The molecule has 2 N–H and O–H groups in total.